The summed E-state index contributed by atoms with van der Waals surface area (Å²) in [6.07, 6.45) is 2.95. The van der Waals surface area contributed by atoms with Gasteiger partial charge in [-0.05, 0) is 25.5 Å². The van der Waals surface area contributed by atoms with Gasteiger partial charge in [0.25, 0.3) is 0 Å². The van der Waals surface area contributed by atoms with E-state index in [2.05, 4.69) is 15.0 Å². The van der Waals surface area contributed by atoms with Crippen molar-refractivity contribution >= 4 is 15.7 Å². The average Bonchev–Trinajstić information content (AvgIpc) is 2.48. The van der Waals surface area contributed by atoms with Gasteiger partial charge in [-0.3, -0.25) is 4.98 Å². The highest BCUT2D eigenvalue weighted by Crippen LogP contribution is 2.18. The fourth-order valence-corrected chi connectivity index (χ4v) is 3.20. The molecule has 2 rings (SSSR count). The van der Waals surface area contributed by atoms with E-state index in [-0.39, 0.29) is 10.9 Å². The lowest BCUT2D eigenvalue weighted by molar-refractivity contribution is 0.566. The number of sulfonamides is 1. The Morgan fingerprint density at radius 3 is 2.57 bits per heavy atom. The molecular formula is C15H19N3O2S. The first-order valence-electron chi connectivity index (χ1n) is 6.79. The number of benzene rings is 1. The summed E-state index contributed by atoms with van der Waals surface area (Å²) in [5.41, 5.74) is 1.60. The lowest BCUT2D eigenvalue weighted by Gasteiger charge is -2.15. The van der Waals surface area contributed by atoms with Crippen LogP contribution in [0.5, 0.6) is 0 Å². The molecule has 1 aromatic carbocycles. The predicted octanol–water partition coefficient (Wildman–Crippen LogP) is 2.55. The monoisotopic (exact) mass is 305 g/mol. The van der Waals surface area contributed by atoms with Crippen LogP contribution in [0.15, 0.2) is 53.7 Å². The maximum atomic E-state index is 12.4. The molecule has 21 heavy (non-hydrogen) atoms. The van der Waals surface area contributed by atoms with Crippen LogP contribution in [-0.2, 0) is 10.0 Å². The van der Waals surface area contributed by atoms with Crippen LogP contribution in [0.3, 0.4) is 0 Å². The molecule has 2 aromatic rings. The van der Waals surface area contributed by atoms with Crippen LogP contribution in [-0.4, -0.2) is 19.9 Å². The second kappa shape index (κ2) is 6.69. The quantitative estimate of drug-likeness (QED) is 0.860. The Labute approximate surface area is 125 Å². The van der Waals surface area contributed by atoms with Crippen molar-refractivity contribution in [2.45, 2.75) is 24.8 Å². The molecule has 0 radical (unpaired) electrons. The molecule has 0 aliphatic carbocycles. The van der Waals surface area contributed by atoms with Crippen molar-refractivity contribution in [1.82, 2.24) is 9.71 Å². The number of rotatable bonds is 6. The van der Waals surface area contributed by atoms with Crippen molar-refractivity contribution in [2.24, 2.45) is 0 Å². The van der Waals surface area contributed by atoms with E-state index in [9.17, 15) is 8.42 Å². The zero-order chi connectivity index (χ0) is 15.3. The molecule has 0 aliphatic heterocycles. The molecule has 0 saturated carbocycles. The molecule has 0 aliphatic rings. The van der Waals surface area contributed by atoms with Crippen molar-refractivity contribution in [1.29, 1.82) is 0 Å². The Morgan fingerprint density at radius 1 is 1.19 bits per heavy atom. The van der Waals surface area contributed by atoms with Gasteiger partial charge in [-0.15, -0.1) is 0 Å². The van der Waals surface area contributed by atoms with E-state index in [0.29, 0.717) is 12.2 Å². The predicted molar refractivity (Wildman–Crippen MR) is 83.6 cm³/mol. The van der Waals surface area contributed by atoms with E-state index >= 15 is 0 Å². The summed E-state index contributed by atoms with van der Waals surface area (Å²) >= 11 is 0. The first kappa shape index (κ1) is 15.5. The van der Waals surface area contributed by atoms with E-state index in [0.717, 1.165) is 5.56 Å². The van der Waals surface area contributed by atoms with Crippen LogP contribution in [0.1, 0.15) is 25.5 Å². The normalized spacial score (nSPS) is 12.9. The van der Waals surface area contributed by atoms with E-state index in [1.165, 1.54) is 6.20 Å². The number of aromatic nitrogens is 1. The summed E-state index contributed by atoms with van der Waals surface area (Å²) in [5.74, 6) is 0. The standard InChI is InChI=1S/C15H19N3O2S/c1-3-17-14-9-15(11-16-10-14)21(19,20)18-12(2)13-7-5-4-6-8-13/h4-12,17-18H,3H2,1-2H3. The maximum Gasteiger partial charge on any atom is 0.242 e. The second-order valence-electron chi connectivity index (χ2n) is 4.69. The third kappa shape index (κ3) is 4.03. The first-order valence-corrected chi connectivity index (χ1v) is 8.27. The van der Waals surface area contributed by atoms with Crippen molar-refractivity contribution in [3.05, 3.63) is 54.4 Å². The van der Waals surface area contributed by atoms with Gasteiger partial charge in [0.1, 0.15) is 4.90 Å². The summed E-state index contributed by atoms with van der Waals surface area (Å²) in [6, 6.07) is 10.7. The SMILES string of the molecule is CCNc1cncc(S(=O)(=O)NC(C)c2ccccc2)c1. The molecule has 0 fully saturated rings. The molecule has 0 saturated heterocycles. The lowest BCUT2D eigenvalue weighted by atomic mass is 10.1. The van der Waals surface area contributed by atoms with Gasteiger partial charge in [0, 0.05) is 18.8 Å². The highest BCUT2D eigenvalue weighted by atomic mass is 32.2. The largest absolute Gasteiger partial charge is 0.384 e. The Kier molecular flexibility index (Phi) is 4.93. The Morgan fingerprint density at radius 2 is 1.90 bits per heavy atom. The van der Waals surface area contributed by atoms with E-state index in [1.54, 1.807) is 12.3 Å². The van der Waals surface area contributed by atoms with Gasteiger partial charge in [-0.1, -0.05) is 30.3 Å². The molecule has 1 atom stereocenters. The van der Waals surface area contributed by atoms with Gasteiger partial charge < -0.3 is 5.32 Å². The third-order valence-electron chi connectivity index (χ3n) is 3.04. The minimum absolute atomic E-state index is 0.156. The van der Waals surface area contributed by atoms with Crippen LogP contribution in [0.4, 0.5) is 5.69 Å². The molecule has 1 unspecified atom stereocenters. The zero-order valence-electron chi connectivity index (χ0n) is 12.1. The topological polar surface area (TPSA) is 71.1 Å². The highest BCUT2D eigenvalue weighted by molar-refractivity contribution is 7.89. The highest BCUT2D eigenvalue weighted by Gasteiger charge is 2.19. The molecule has 112 valence electrons. The number of nitrogens with one attached hydrogen (secondary N) is 2. The average molecular weight is 305 g/mol. The Bertz CT molecular complexity index is 687. The summed E-state index contributed by atoms with van der Waals surface area (Å²) in [6.45, 7) is 4.46. The van der Waals surface area contributed by atoms with Gasteiger partial charge in [0.05, 0.1) is 11.9 Å². The number of pyridine rings is 1. The fraction of sp³-hybridized carbons (Fsp3) is 0.267. The molecule has 1 aromatic heterocycles. The van der Waals surface area contributed by atoms with Crippen LogP contribution < -0.4 is 10.0 Å². The van der Waals surface area contributed by atoms with Gasteiger partial charge in [0.2, 0.25) is 10.0 Å². The van der Waals surface area contributed by atoms with E-state index in [4.69, 9.17) is 0 Å². The summed E-state index contributed by atoms with van der Waals surface area (Å²) in [7, 11) is -3.60. The van der Waals surface area contributed by atoms with Gasteiger partial charge in [-0.2, -0.15) is 0 Å². The minimum atomic E-state index is -3.60. The molecule has 0 amide bonds. The molecule has 0 spiro atoms. The smallest absolute Gasteiger partial charge is 0.242 e. The van der Waals surface area contributed by atoms with Crippen molar-refractivity contribution in [2.75, 3.05) is 11.9 Å². The number of hydrogen-bond donors (Lipinski definition) is 2. The molecule has 6 heteroatoms. The maximum absolute atomic E-state index is 12.4. The Balaban J connectivity index is 2.20. The molecule has 0 bridgehead atoms. The summed E-state index contributed by atoms with van der Waals surface area (Å²) in [4.78, 5) is 4.12. The molecular weight excluding hydrogens is 286 g/mol. The van der Waals surface area contributed by atoms with Crippen LogP contribution in [0.2, 0.25) is 0 Å². The van der Waals surface area contributed by atoms with Gasteiger partial charge >= 0.3 is 0 Å². The summed E-state index contributed by atoms with van der Waals surface area (Å²) in [5, 5.41) is 3.05. The lowest BCUT2D eigenvalue weighted by Crippen LogP contribution is -2.27. The third-order valence-corrected chi connectivity index (χ3v) is 4.54. The van der Waals surface area contributed by atoms with Gasteiger partial charge in [-0.25, -0.2) is 13.1 Å². The zero-order valence-corrected chi connectivity index (χ0v) is 12.9. The van der Waals surface area contributed by atoms with Crippen LogP contribution in [0, 0.1) is 0 Å². The Hall–Kier alpha value is -1.92. The van der Waals surface area contributed by atoms with Gasteiger partial charge in [0.15, 0.2) is 0 Å². The molecule has 5 nitrogen and oxygen atoms in total. The van der Waals surface area contributed by atoms with E-state index < -0.39 is 10.0 Å². The van der Waals surface area contributed by atoms with E-state index in [1.807, 2.05) is 44.2 Å². The number of nitrogens with zero attached hydrogens (tertiary/aromatic N) is 1. The van der Waals surface area contributed by atoms with Crippen molar-refractivity contribution < 1.29 is 8.42 Å². The minimum Gasteiger partial charge on any atom is -0.384 e. The van der Waals surface area contributed by atoms with Crippen LogP contribution in [0.25, 0.3) is 0 Å². The van der Waals surface area contributed by atoms with Crippen LogP contribution >= 0.6 is 0 Å². The number of hydrogen-bond acceptors (Lipinski definition) is 4. The number of anilines is 1. The summed E-state index contributed by atoms with van der Waals surface area (Å²) < 4.78 is 27.4. The molecule has 2 N–H and O–H groups in total. The van der Waals surface area contributed by atoms with Crippen molar-refractivity contribution in [3.63, 3.8) is 0 Å². The first-order chi connectivity index (χ1) is 10.0. The second-order valence-corrected chi connectivity index (χ2v) is 6.41. The van der Waals surface area contributed by atoms with Crippen molar-refractivity contribution in [3.8, 4) is 0 Å². The fourth-order valence-electron chi connectivity index (χ4n) is 1.98. The molecule has 1 heterocycles.